The standard InChI is InChI=1S/C38H52O23/c1-14-12-54-37(9-18(14)55-31(49)15-5-3-2-4-6-15)36(51)38(52)21(42)7-16(8-22(38)61-37)32(50)60-35-30(26(46)24(44)19(10-39)57-35)59-34-28(48)29(25(45)20(11-40)56-34)58-33-27(47)23(43)17(41)13-53-33/h2-6,14,16-30,33-35,39-48,52H,7-13H2,1H3/t14-,16+,17+,18+,19-,20-,21+,22-,23+,24-,25-,26+,27-,28-,29+,30-,33+,34+,35+,37+,38-/m1/s1. The van der Waals surface area contributed by atoms with Crippen LogP contribution < -0.4 is 0 Å². The molecule has 0 radical (unpaired) electrons. The first-order valence-corrected chi connectivity index (χ1v) is 19.9. The number of carbonyl (C=O) groups excluding carboxylic acids is 3. The Morgan fingerprint density at radius 2 is 1.41 bits per heavy atom. The third kappa shape index (κ3) is 8.59. The maximum Gasteiger partial charge on any atom is 0.338 e. The molecule has 23 heteroatoms. The fraction of sp³-hybridized carbons (Fsp3) is 0.763. The monoisotopic (exact) mass is 876 g/mol. The lowest BCUT2D eigenvalue weighted by molar-refractivity contribution is -0.379. The van der Waals surface area contributed by atoms with E-state index in [-0.39, 0.29) is 18.6 Å². The quantitative estimate of drug-likeness (QED) is 0.0975. The Labute approximate surface area is 346 Å². The van der Waals surface area contributed by atoms with E-state index in [1.165, 1.54) is 0 Å². The Kier molecular flexibility index (Phi) is 13.8. The zero-order valence-electron chi connectivity index (χ0n) is 32.6. The third-order valence-electron chi connectivity index (χ3n) is 12.2. The van der Waals surface area contributed by atoms with Crippen LogP contribution in [-0.2, 0) is 52.2 Å². The van der Waals surface area contributed by atoms with Gasteiger partial charge in [0.25, 0.3) is 0 Å². The summed E-state index contributed by atoms with van der Waals surface area (Å²) in [6.07, 6.45) is -31.4. The van der Waals surface area contributed by atoms with Crippen molar-refractivity contribution in [2.45, 2.75) is 142 Å². The van der Waals surface area contributed by atoms with Gasteiger partial charge in [0.05, 0.1) is 44.0 Å². The van der Waals surface area contributed by atoms with E-state index in [0.29, 0.717) is 0 Å². The molecule has 1 aromatic rings. The van der Waals surface area contributed by atoms with Gasteiger partial charge >= 0.3 is 11.9 Å². The van der Waals surface area contributed by atoms with Crippen molar-refractivity contribution in [1.82, 2.24) is 0 Å². The first-order chi connectivity index (χ1) is 28.9. The highest BCUT2D eigenvalue weighted by molar-refractivity contribution is 5.97. The van der Waals surface area contributed by atoms with Crippen LogP contribution in [0.5, 0.6) is 0 Å². The van der Waals surface area contributed by atoms with Crippen molar-refractivity contribution in [3.8, 4) is 0 Å². The van der Waals surface area contributed by atoms with Gasteiger partial charge in [-0.2, -0.15) is 0 Å². The van der Waals surface area contributed by atoms with Crippen LogP contribution in [0.2, 0.25) is 0 Å². The Balaban J connectivity index is 1.05. The van der Waals surface area contributed by atoms with Crippen LogP contribution in [0.15, 0.2) is 30.3 Å². The van der Waals surface area contributed by atoms with E-state index in [1.54, 1.807) is 37.3 Å². The van der Waals surface area contributed by atoms with Gasteiger partial charge < -0.3 is 98.8 Å². The molecule has 1 aliphatic carbocycles. The summed E-state index contributed by atoms with van der Waals surface area (Å²) in [6.45, 7) is -0.746. The second-order valence-electron chi connectivity index (χ2n) is 16.3. The molecule has 23 nitrogen and oxygen atoms in total. The number of aliphatic hydroxyl groups excluding tert-OH is 10. The van der Waals surface area contributed by atoms with Crippen LogP contribution in [0, 0.1) is 11.8 Å². The van der Waals surface area contributed by atoms with Crippen molar-refractivity contribution < 1.29 is 113 Å². The molecule has 0 amide bonds. The molecule has 5 aliphatic heterocycles. The fourth-order valence-electron chi connectivity index (χ4n) is 8.53. The summed E-state index contributed by atoms with van der Waals surface area (Å²) in [5, 5.41) is 117. The Hall–Kier alpha value is -2.89. The number of ether oxygens (including phenoxy) is 9. The van der Waals surface area contributed by atoms with Crippen molar-refractivity contribution in [2.75, 3.05) is 26.4 Å². The normalized spacial score (nSPS) is 47.7. The predicted molar refractivity (Wildman–Crippen MR) is 191 cm³/mol. The molecule has 1 aromatic carbocycles. The molecule has 0 unspecified atom stereocenters. The average molecular weight is 877 g/mol. The lowest BCUT2D eigenvalue weighted by Crippen LogP contribution is -2.66. The number of esters is 2. The molecule has 0 bridgehead atoms. The number of hydrogen-bond donors (Lipinski definition) is 11. The molecule has 6 aliphatic rings. The maximum atomic E-state index is 13.9. The number of benzene rings is 1. The van der Waals surface area contributed by atoms with Gasteiger partial charge in [-0.15, -0.1) is 0 Å². The summed E-state index contributed by atoms with van der Waals surface area (Å²) in [5.74, 6) is -6.81. The molecule has 11 N–H and O–H groups in total. The van der Waals surface area contributed by atoms with Gasteiger partial charge in [0.2, 0.25) is 17.9 Å². The highest BCUT2D eigenvalue weighted by Crippen LogP contribution is 2.50. The van der Waals surface area contributed by atoms with E-state index in [0.717, 1.165) is 0 Å². The van der Waals surface area contributed by atoms with Crippen LogP contribution >= 0.6 is 0 Å². The number of hydrogen-bond acceptors (Lipinski definition) is 23. The zero-order valence-corrected chi connectivity index (χ0v) is 32.6. The Morgan fingerprint density at radius 1 is 0.754 bits per heavy atom. The van der Waals surface area contributed by atoms with E-state index >= 15 is 0 Å². The summed E-state index contributed by atoms with van der Waals surface area (Å²) < 4.78 is 50.8. The minimum Gasteiger partial charge on any atom is -0.458 e. The van der Waals surface area contributed by atoms with Crippen LogP contribution in [0.3, 0.4) is 0 Å². The van der Waals surface area contributed by atoms with Gasteiger partial charge in [-0.3, -0.25) is 9.59 Å². The van der Waals surface area contributed by atoms with Crippen LogP contribution in [0.1, 0.15) is 36.5 Å². The molecule has 7 rings (SSSR count). The molecular weight excluding hydrogens is 824 g/mol. The number of carbonyl (C=O) groups is 3. The molecular formula is C38H52O23. The van der Waals surface area contributed by atoms with Crippen LogP contribution in [0.4, 0.5) is 0 Å². The van der Waals surface area contributed by atoms with Gasteiger partial charge in [-0.05, 0) is 25.0 Å². The molecule has 1 saturated carbocycles. The average Bonchev–Trinajstić information content (AvgIpc) is 3.46. The second-order valence-corrected chi connectivity index (χ2v) is 16.3. The van der Waals surface area contributed by atoms with Crippen molar-refractivity contribution in [3.05, 3.63) is 35.9 Å². The molecule has 61 heavy (non-hydrogen) atoms. The van der Waals surface area contributed by atoms with Crippen LogP contribution in [-0.4, -0.2) is 216 Å². The van der Waals surface area contributed by atoms with Crippen molar-refractivity contribution in [2.24, 2.45) is 11.8 Å². The van der Waals surface area contributed by atoms with Crippen molar-refractivity contribution in [3.63, 3.8) is 0 Å². The van der Waals surface area contributed by atoms with E-state index in [1.807, 2.05) is 0 Å². The lowest BCUT2D eigenvalue weighted by atomic mass is 9.72. The van der Waals surface area contributed by atoms with E-state index < -0.39 is 178 Å². The first kappa shape index (κ1) is 46.1. The highest BCUT2D eigenvalue weighted by Gasteiger charge is 2.71. The molecule has 21 atom stereocenters. The zero-order chi connectivity index (χ0) is 44.1. The number of fused-ring (bicyclic) bond motifs is 1. The van der Waals surface area contributed by atoms with Crippen molar-refractivity contribution in [1.29, 1.82) is 0 Å². The molecule has 1 spiro atoms. The van der Waals surface area contributed by atoms with E-state index in [4.69, 9.17) is 42.6 Å². The van der Waals surface area contributed by atoms with E-state index in [9.17, 15) is 70.6 Å². The summed E-state index contributed by atoms with van der Waals surface area (Å²) >= 11 is 0. The summed E-state index contributed by atoms with van der Waals surface area (Å²) in [5.41, 5.74) is -2.32. The molecule has 5 saturated heterocycles. The summed E-state index contributed by atoms with van der Waals surface area (Å²) in [7, 11) is 0. The number of ketones is 1. The predicted octanol–water partition coefficient (Wildman–Crippen LogP) is -5.93. The Bertz CT molecular complexity index is 1700. The number of aliphatic hydroxyl groups is 11. The largest absolute Gasteiger partial charge is 0.458 e. The fourth-order valence-corrected chi connectivity index (χ4v) is 8.53. The van der Waals surface area contributed by atoms with Crippen molar-refractivity contribution >= 4 is 17.7 Å². The van der Waals surface area contributed by atoms with Crippen LogP contribution in [0.25, 0.3) is 0 Å². The van der Waals surface area contributed by atoms with Gasteiger partial charge in [-0.1, -0.05) is 25.1 Å². The lowest BCUT2D eigenvalue weighted by Gasteiger charge is -2.47. The Morgan fingerprint density at radius 3 is 2.10 bits per heavy atom. The second kappa shape index (κ2) is 18.3. The number of rotatable bonds is 10. The van der Waals surface area contributed by atoms with Gasteiger partial charge in [0, 0.05) is 12.3 Å². The molecule has 342 valence electrons. The van der Waals surface area contributed by atoms with E-state index in [2.05, 4.69) is 0 Å². The smallest absolute Gasteiger partial charge is 0.338 e. The third-order valence-corrected chi connectivity index (χ3v) is 12.2. The molecule has 6 fully saturated rings. The molecule has 0 aromatic heterocycles. The minimum atomic E-state index is -2.57. The van der Waals surface area contributed by atoms with Gasteiger partial charge in [-0.25, -0.2) is 4.79 Å². The minimum absolute atomic E-state index is 0.142. The first-order valence-electron chi connectivity index (χ1n) is 19.9. The maximum absolute atomic E-state index is 13.9. The summed E-state index contributed by atoms with van der Waals surface area (Å²) in [4.78, 5) is 40.7. The topological polar surface area (TPSA) is 357 Å². The number of Topliss-reactive ketones (excluding diaryl/α,β-unsaturated/α-hetero) is 1. The molecule has 5 heterocycles. The van der Waals surface area contributed by atoms with Gasteiger partial charge in [0.1, 0.15) is 73.2 Å². The highest BCUT2D eigenvalue weighted by atomic mass is 16.8. The van der Waals surface area contributed by atoms with Gasteiger partial charge in [0.15, 0.2) is 24.3 Å². The summed E-state index contributed by atoms with van der Waals surface area (Å²) in [6, 6.07) is 8.09. The SMILES string of the molecule is C[C@@H]1CO[C@@]2(C[C@@H]1OC(=O)c1ccccc1)O[C@@H]1C[C@@H](C(=O)O[C@@H]3O[C@H](CO)[C@@H](O)[C@H](O)[C@H]3O[C@@H]3O[C@H](CO)[C@@H](O)[C@H](O[C@@H]4OC[C@H](O)[C@H](O)[C@H]4O)[C@H]3O)C[C@H](O)[C@]1(O)C2=O.